The van der Waals surface area contributed by atoms with Crippen molar-refractivity contribution in [2.24, 2.45) is 45.3 Å². The minimum Gasteiger partial charge on any atom is -0.458 e. The summed E-state index contributed by atoms with van der Waals surface area (Å²) in [4.78, 5) is 11.4. The summed E-state index contributed by atoms with van der Waals surface area (Å²) in [5.74, 6) is 0.717. The van der Waals surface area contributed by atoms with E-state index in [-0.39, 0.29) is 70.6 Å². The molecule has 8 aliphatic rings. The van der Waals surface area contributed by atoms with Crippen molar-refractivity contribution in [1.82, 2.24) is 0 Å². The fraction of sp³-hybridized carbons (Fsp3) is 0.707. The van der Waals surface area contributed by atoms with Gasteiger partial charge in [-0.15, -0.1) is 0 Å². The zero-order valence-electron chi connectivity index (χ0n) is 43.2. The van der Waals surface area contributed by atoms with Gasteiger partial charge in [0.15, 0.2) is 0 Å². The molecule has 8 saturated carbocycles. The average Bonchev–Trinajstić information content (AvgIpc) is 4.20. The Morgan fingerprint density at radius 2 is 0.947 bits per heavy atom. The van der Waals surface area contributed by atoms with Crippen LogP contribution in [0.5, 0.6) is 0 Å². The summed E-state index contributed by atoms with van der Waals surface area (Å²) in [6, 6.07) is 0. The molecule has 0 spiro atoms. The Labute approximate surface area is 433 Å². The van der Waals surface area contributed by atoms with Crippen LogP contribution in [-0.2, 0) is 9.53 Å². The van der Waals surface area contributed by atoms with Gasteiger partial charge >= 0.3 is 30.7 Å². The lowest BCUT2D eigenvalue weighted by Crippen LogP contribution is -2.55. The molecule has 5 nitrogen and oxygen atoms in total. The van der Waals surface area contributed by atoms with Gasteiger partial charge in [-0.2, -0.15) is 52.7 Å². The minimum atomic E-state index is -5.84. The summed E-state index contributed by atoms with van der Waals surface area (Å²) >= 11 is 0. The van der Waals surface area contributed by atoms with Crippen LogP contribution in [0.1, 0.15) is 162 Å². The lowest BCUT2D eigenvalue weighted by atomic mass is 9.59. The molecule has 3 N–H and O–H groups in total. The van der Waals surface area contributed by atoms with Crippen LogP contribution in [0.25, 0.3) is 0 Å². The quantitative estimate of drug-likeness (QED) is 0.109. The van der Waals surface area contributed by atoms with E-state index in [1.54, 1.807) is 0 Å². The monoisotopic (exact) mass is 1080 g/mol. The van der Waals surface area contributed by atoms with E-state index in [1.807, 2.05) is 0 Å². The smallest absolute Gasteiger partial charge is 0.429 e. The molecule has 0 amide bonds. The predicted molar refractivity (Wildman–Crippen MR) is 261 cm³/mol. The predicted octanol–water partition coefficient (Wildman–Crippen LogP) is 16.0. The van der Waals surface area contributed by atoms with Gasteiger partial charge in [0.1, 0.15) is 6.10 Å². The highest BCUT2D eigenvalue weighted by molar-refractivity contribution is 5.66. The molecular formula is C58H74F12O5. The van der Waals surface area contributed by atoms with E-state index < -0.39 is 42.0 Å². The van der Waals surface area contributed by atoms with Crippen molar-refractivity contribution in [2.45, 2.75) is 210 Å². The van der Waals surface area contributed by atoms with Gasteiger partial charge in [0, 0.05) is 6.92 Å². The van der Waals surface area contributed by atoms with Crippen LogP contribution in [0, 0.1) is 45.3 Å². The highest BCUT2D eigenvalue weighted by Crippen LogP contribution is 2.71. The molecule has 8 rings (SSSR count). The van der Waals surface area contributed by atoms with Gasteiger partial charge in [0.05, 0.1) is 6.10 Å². The van der Waals surface area contributed by atoms with Crippen molar-refractivity contribution in [3.05, 3.63) is 95.2 Å². The highest BCUT2D eigenvalue weighted by Gasteiger charge is 2.70. The number of halogens is 12. The largest absolute Gasteiger partial charge is 0.458 e. The molecule has 8 atom stereocenters. The first-order valence-electron chi connectivity index (χ1n) is 26.8. The molecule has 8 aliphatic carbocycles. The molecule has 0 aromatic carbocycles. The van der Waals surface area contributed by atoms with E-state index in [4.69, 9.17) is 4.74 Å². The number of carbonyl (C=O) groups excluding carboxylic acids is 1. The standard InChI is InChI=1S/C30H38F6O3.C28H36F6O2/c1-19-21(7-4-9-24(19)39-20(2)37)10-11-22-8-5-14-26(3)23(22)12-13-25(26)27(17-18-27)15-6-16-28(38,29(31,32)33)30(34,35)36;1-18-19(6-3-8-22(18)35)9-10-20-7-4-13-24(2)21(20)11-12-23(24)25(16-17-25)14-5-15-26(36,27(29,30)31)28(32,33)34/h6,10-11,16,23-25,38H,1,4-5,7-9,12-15,17-18H2,2-3H3;5,9-10,15,21-23,35-36H,1,3-4,6-8,11-14,16-17H2,2H3/b16-6+,21-10-,22-11+;15-5+,19-9-,20-10+/t23?,24-,25-,26-;21?,22-,23-,24-/m00/s1. The van der Waals surface area contributed by atoms with E-state index >= 15 is 0 Å². The maximum absolute atomic E-state index is 13.1. The number of aliphatic hydroxyl groups excluding tert-OH is 1. The number of aliphatic hydroxyl groups is 3. The Morgan fingerprint density at radius 1 is 0.560 bits per heavy atom. The molecular weight excluding hydrogens is 1000 g/mol. The van der Waals surface area contributed by atoms with Crippen LogP contribution in [-0.4, -0.2) is 69.4 Å². The number of alkyl halides is 12. The van der Waals surface area contributed by atoms with Gasteiger partial charge in [-0.25, -0.2) is 0 Å². The maximum atomic E-state index is 13.1. The molecule has 420 valence electrons. The molecule has 8 fully saturated rings. The Bertz CT molecular complexity index is 2310. The summed E-state index contributed by atoms with van der Waals surface area (Å²) in [6.45, 7) is 14.1. The molecule has 75 heavy (non-hydrogen) atoms. The van der Waals surface area contributed by atoms with Crippen molar-refractivity contribution in [3.63, 3.8) is 0 Å². The number of allylic oxidation sites excluding steroid dienone is 8. The Morgan fingerprint density at radius 3 is 1.32 bits per heavy atom. The number of hydrogen-bond donors (Lipinski definition) is 3. The van der Waals surface area contributed by atoms with Crippen LogP contribution in [0.3, 0.4) is 0 Å². The van der Waals surface area contributed by atoms with E-state index in [0.717, 1.165) is 163 Å². The number of rotatable bonds is 11. The first-order chi connectivity index (χ1) is 34.7. The first-order valence-corrected chi connectivity index (χ1v) is 26.8. The molecule has 0 bridgehead atoms. The lowest BCUT2D eigenvalue weighted by Gasteiger charge is -2.45. The van der Waals surface area contributed by atoms with Gasteiger partial charge in [0.2, 0.25) is 0 Å². The summed E-state index contributed by atoms with van der Waals surface area (Å²) < 4.78 is 162. The molecule has 0 heterocycles. The fourth-order valence-corrected chi connectivity index (χ4v) is 15.0. The molecule has 2 unspecified atom stereocenters. The van der Waals surface area contributed by atoms with Crippen molar-refractivity contribution in [2.75, 3.05) is 0 Å². The molecule has 17 heteroatoms. The van der Waals surface area contributed by atoms with E-state index in [0.29, 0.717) is 11.8 Å². The SMILES string of the molecule is C=C1/C(=C\C=C2/CCC[C@@]3(C)C2CC[C@@H]3C2(C/C=C/C(O)(C(F)(F)F)C(F)(F)F)CC2)CCC[C@@H]1O.C=C1/C(=C\C=C2/CCC[C@@]3(C)C2CC[C@@H]3C2(C/C=C/C(O)(C(F)(F)F)C(F)(F)F)CC2)CCC[C@@H]1OC(C)=O. The van der Waals surface area contributed by atoms with Gasteiger partial charge in [0.25, 0.3) is 11.2 Å². The zero-order chi connectivity index (χ0) is 55.4. The Kier molecular flexibility index (Phi) is 16.7. The third-order valence-electron chi connectivity index (χ3n) is 19.4. The lowest BCUT2D eigenvalue weighted by molar-refractivity contribution is -0.348. The summed E-state index contributed by atoms with van der Waals surface area (Å²) in [5, 5.41) is 29.1. The van der Waals surface area contributed by atoms with Crippen molar-refractivity contribution < 1.29 is 77.5 Å². The zero-order valence-corrected chi connectivity index (χ0v) is 43.2. The second-order valence-electron chi connectivity index (χ2n) is 23.9. The van der Waals surface area contributed by atoms with Gasteiger partial charge in [-0.05, 0) is 221 Å². The third-order valence-corrected chi connectivity index (χ3v) is 19.4. The third kappa shape index (κ3) is 11.6. The minimum absolute atomic E-state index is 0.0552. The number of esters is 1. The number of carbonyl (C=O) groups is 1. The topological polar surface area (TPSA) is 87.0 Å². The van der Waals surface area contributed by atoms with Crippen molar-refractivity contribution in [3.8, 4) is 0 Å². The van der Waals surface area contributed by atoms with Crippen LogP contribution < -0.4 is 0 Å². The highest BCUT2D eigenvalue weighted by atomic mass is 19.4. The summed E-state index contributed by atoms with van der Waals surface area (Å²) in [5.41, 5.74) is -4.00. The van der Waals surface area contributed by atoms with E-state index in [9.17, 15) is 72.8 Å². The number of hydrogen-bond acceptors (Lipinski definition) is 5. The van der Waals surface area contributed by atoms with Gasteiger partial charge < -0.3 is 20.1 Å². The molecule has 0 aliphatic heterocycles. The van der Waals surface area contributed by atoms with E-state index in [2.05, 4.69) is 51.3 Å². The first kappa shape index (κ1) is 59.1. The summed E-state index contributed by atoms with van der Waals surface area (Å²) in [6.07, 6.45) is 3.90. The number of ether oxygens (including phenoxy) is 1. The van der Waals surface area contributed by atoms with Crippen LogP contribution in [0.2, 0.25) is 0 Å². The van der Waals surface area contributed by atoms with Crippen molar-refractivity contribution >= 4 is 5.97 Å². The fourth-order valence-electron chi connectivity index (χ4n) is 15.0. The maximum Gasteiger partial charge on any atom is 0.429 e. The van der Waals surface area contributed by atoms with Crippen LogP contribution >= 0.6 is 0 Å². The number of fused-ring (bicyclic) bond motifs is 2. The van der Waals surface area contributed by atoms with Gasteiger partial charge in [-0.3, -0.25) is 4.79 Å². The molecule has 0 saturated heterocycles. The van der Waals surface area contributed by atoms with Crippen molar-refractivity contribution in [1.29, 1.82) is 0 Å². The Hall–Kier alpha value is -3.57. The van der Waals surface area contributed by atoms with Crippen LogP contribution in [0.4, 0.5) is 52.7 Å². The second-order valence-corrected chi connectivity index (χ2v) is 23.9. The Balaban J connectivity index is 0.000000219. The van der Waals surface area contributed by atoms with E-state index in [1.165, 1.54) is 18.1 Å². The molecule has 0 radical (unpaired) electrons. The molecule has 0 aromatic heterocycles. The average molecular weight is 1080 g/mol. The normalized spacial score (nSPS) is 34.5. The van der Waals surface area contributed by atoms with Gasteiger partial charge in [-0.1, -0.05) is 74.6 Å². The second kappa shape index (κ2) is 21.2. The molecule has 0 aromatic rings. The summed E-state index contributed by atoms with van der Waals surface area (Å²) in [7, 11) is 0. The van der Waals surface area contributed by atoms with Crippen LogP contribution in [0.15, 0.2) is 95.2 Å².